The van der Waals surface area contributed by atoms with Crippen molar-refractivity contribution in [2.75, 3.05) is 13.3 Å². The molecule has 2 aliphatic carbocycles. The van der Waals surface area contributed by atoms with Gasteiger partial charge in [0.05, 0.1) is 13.3 Å². The summed E-state index contributed by atoms with van der Waals surface area (Å²) in [5.74, 6) is 0.368. The lowest BCUT2D eigenvalue weighted by Gasteiger charge is -2.30. The molecule has 0 aromatic heterocycles. The first kappa shape index (κ1) is 24.8. The first-order valence-corrected chi connectivity index (χ1v) is 16.1. The van der Waals surface area contributed by atoms with Crippen LogP contribution in [0.5, 0.6) is 0 Å². The lowest BCUT2D eigenvalue weighted by molar-refractivity contribution is 0.625. The van der Waals surface area contributed by atoms with Gasteiger partial charge in [-0.2, -0.15) is 0 Å². The standard InChI is InChI=1S/C36H34OP/c1-5-24-19-25-13-7-10-16-32(25)35(31(24)6-2)28-21-29(23-30(22-28)38(3,4)37)36-33-17-11-8-14-26(33)20-27-15-9-12-18-34(27)36/h5-19,21-23,26,37H,20H2,1-4H3/q+1/b24-5-,31-6+. The second-order valence-corrected chi connectivity index (χ2v) is 14.1. The van der Waals surface area contributed by atoms with Gasteiger partial charge in [-0.05, 0) is 105 Å². The molecule has 0 saturated carbocycles. The average molecular weight is 514 g/mol. The van der Waals surface area contributed by atoms with Crippen molar-refractivity contribution in [3.05, 3.63) is 130 Å². The highest BCUT2D eigenvalue weighted by Gasteiger charge is 2.30. The monoisotopic (exact) mass is 513 g/mol. The van der Waals surface area contributed by atoms with Crippen molar-refractivity contribution in [2.45, 2.75) is 20.3 Å². The summed E-state index contributed by atoms with van der Waals surface area (Å²) in [4.78, 5) is 11.4. The normalized spacial score (nSPS) is 17.8. The SMILES string of the molecule is C/C=c1/cc2ccccc2c(-c2cc(C3=C4C=CC=CC4Cc4ccccc43)cc([P+](C)(C)O)c2)/c1=C/C. The van der Waals surface area contributed by atoms with E-state index < -0.39 is 7.49 Å². The number of hydrogen-bond donors (Lipinski definition) is 1. The summed E-state index contributed by atoms with van der Waals surface area (Å²) >= 11 is 0. The molecule has 2 heteroatoms. The first-order valence-electron chi connectivity index (χ1n) is 13.4. The lowest BCUT2D eigenvalue weighted by Crippen LogP contribution is -2.27. The molecule has 0 fully saturated rings. The number of benzene rings is 4. The maximum atomic E-state index is 11.4. The van der Waals surface area contributed by atoms with Crippen LogP contribution in [0.3, 0.4) is 0 Å². The highest BCUT2D eigenvalue weighted by Crippen LogP contribution is 2.47. The van der Waals surface area contributed by atoms with E-state index in [4.69, 9.17) is 0 Å². The summed E-state index contributed by atoms with van der Waals surface area (Å²) in [6.07, 6.45) is 14.4. The highest BCUT2D eigenvalue weighted by molar-refractivity contribution is 7.76. The maximum absolute atomic E-state index is 11.4. The van der Waals surface area contributed by atoms with Crippen LogP contribution >= 0.6 is 7.49 Å². The zero-order valence-electron chi connectivity index (χ0n) is 22.6. The fourth-order valence-corrected chi connectivity index (χ4v) is 7.06. The van der Waals surface area contributed by atoms with Gasteiger partial charge in [-0.15, -0.1) is 0 Å². The van der Waals surface area contributed by atoms with Crippen molar-refractivity contribution >= 4 is 41.3 Å². The third-order valence-electron chi connectivity index (χ3n) is 7.99. The fourth-order valence-electron chi connectivity index (χ4n) is 6.15. The van der Waals surface area contributed by atoms with Gasteiger partial charge in [0.15, 0.2) is 7.49 Å². The van der Waals surface area contributed by atoms with Crippen molar-refractivity contribution in [1.29, 1.82) is 0 Å². The summed E-state index contributed by atoms with van der Waals surface area (Å²) in [6, 6.07) is 26.6. The van der Waals surface area contributed by atoms with Crippen LogP contribution in [-0.2, 0) is 6.42 Å². The number of allylic oxidation sites excluding steroid dienone is 5. The molecule has 0 spiro atoms. The Labute approximate surface area is 226 Å². The Morgan fingerprint density at radius 2 is 1.61 bits per heavy atom. The van der Waals surface area contributed by atoms with Gasteiger partial charge in [-0.25, -0.2) is 4.89 Å². The van der Waals surface area contributed by atoms with E-state index in [1.807, 2.05) is 13.3 Å². The van der Waals surface area contributed by atoms with E-state index in [9.17, 15) is 4.89 Å². The predicted molar refractivity (Wildman–Crippen MR) is 167 cm³/mol. The summed E-state index contributed by atoms with van der Waals surface area (Å²) in [7, 11) is -2.29. The third-order valence-corrected chi connectivity index (χ3v) is 9.52. The molecule has 1 N–H and O–H groups in total. The number of fused-ring (bicyclic) bond motifs is 3. The highest BCUT2D eigenvalue weighted by atomic mass is 31.2. The van der Waals surface area contributed by atoms with Crippen molar-refractivity contribution < 1.29 is 4.89 Å². The van der Waals surface area contributed by atoms with Crippen LogP contribution in [0.25, 0.3) is 39.6 Å². The maximum Gasteiger partial charge on any atom is 0.168 e. The Balaban J connectivity index is 1.74. The van der Waals surface area contributed by atoms with Crippen molar-refractivity contribution in [3.8, 4) is 11.1 Å². The van der Waals surface area contributed by atoms with Crippen LogP contribution in [0.15, 0.2) is 103 Å². The Hall–Kier alpha value is -3.51. The Morgan fingerprint density at radius 3 is 2.39 bits per heavy atom. The molecule has 4 aromatic rings. The quantitative estimate of drug-likeness (QED) is 0.292. The van der Waals surface area contributed by atoms with E-state index >= 15 is 0 Å². The zero-order chi connectivity index (χ0) is 26.4. The largest absolute Gasteiger partial charge is 0.247 e. The van der Waals surface area contributed by atoms with E-state index in [-0.39, 0.29) is 0 Å². The molecule has 1 nitrogen and oxygen atoms in total. The minimum atomic E-state index is -2.29. The van der Waals surface area contributed by atoms with Gasteiger partial charge in [0.25, 0.3) is 0 Å². The Morgan fingerprint density at radius 1 is 0.842 bits per heavy atom. The van der Waals surface area contributed by atoms with Gasteiger partial charge >= 0.3 is 0 Å². The van der Waals surface area contributed by atoms with E-state index in [2.05, 4.69) is 123 Å². The summed E-state index contributed by atoms with van der Waals surface area (Å²) < 4.78 is 0. The van der Waals surface area contributed by atoms with Crippen LogP contribution in [-0.4, -0.2) is 18.2 Å². The molecule has 6 rings (SSSR count). The molecule has 1 unspecified atom stereocenters. The van der Waals surface area contributed by atoms with Crippen LogP contribution in [0.2, 0.25) is 0 Å². The van der Waals surface area contributed by atoms with E-state index in [0.717, 1.165) is 17.3 Å². The minimum Gasteiger partial charge on any atom is -0.247 e. The number of hydrogen-bond acceptors (Lipinski definition) is 1. The predicted octanol–water partition coefficient (Wildman–Crippen LogP) is 7.02. The molecule has 1 atom stereocenters. The van der Waals surface area contributed by atoms with Crippen LogP contribution in [0.4, 0.5) is 0 Å². The van der Waals surface area contributed by atoms with Crippen LogP contribution in [0.1, 0.15) is 30.5 Å². The van der Waals surface area contributed by atoms with Gasteiger partial charge in [0, 0.05) is 5.92 Å². The summed E-state index contributed by atoms with van der Waals surface area (Å²) in [5, 5.41) is 5.98. The molecule has 0 heterocycles. The molecule has 4 aromatic carbocycles. The zero-order valence-corrected chi connectivity index (χ0v) is 23.5. The molecule has 0 amide bonds. The molecule has 2 aliphatic rings. The van der Waals surface area contributed by atoms with Crippen molar-refractivity contribution in [2.24, 2.45) is 5.92 Å². The molecule has 0 aliphatic heterocycles. The minimum absolute atomic E-state index is 0.368. The second-order valence-electron chi connectivity index (χ2n) is 10.8. The van der Waals surface area contributed by atoms with E-state index in [1.165, 1.54) is 54.6 Å². The van der Waals surface area contributed by atoms with Gasteiger partial charge in [0.2, 0.25) is 0 Å². The van der Waals surface area contributed by atoms with Crippen molar-refractivity contribution in [3.63, 3.8) is 0 Å². The van der Waals surface area contributed by atoms with Crippen molar-refractivity contribution in [1.82, 2.24) is 0 Å². The van der Waals surface area contributed by atoms with Crippen LogP contribution < -0.4 is 15.7 Å². The molecule has 188 valence electrons. The smallest absolute Gasteiger partial charge is 0.168 e. The van der Waals surface area contributed by atoms with E-state index in [1.54, 1.807) is 0 Å². The molecule has 0 radical (unpaired) electrons. The second kappa shape index (κ2) is 9.66. The van der Waals surface area contributed by atoms with Gasteiger partial charge in [-0.1, -0.05) is 85.0 Å². The first-order chi connectivity index (χ1) is 18.4. The topological polar surface area (TPSA) is 20.2 Å². The molecule has 0 bridgehead atoms. The molecule has 0 saturated heterocycles. The fraction of sp³-hybridized carbons (Fsp3) is 0.167. The molecular weight excluding hydrogens is 479 g/mol. The van der Waals surface area contributed by atoms with Gasteiger partial charge < -0.3 is 0 Å². The van der Waals surface area contributed by atoms with Gasteiger partial charge in [0.1, 0.15) is 5.30 Å². The lowest BCUT2D eigenvalue weighted by atomic mass is 9.74. The van der Waals surface area contributed by atoms with Crippen LogP contribution in [0, 0.1) is 5.92 Å². The summed E-state index contributed by atoms with van der Waals surface area (Å²) in [5.41, 5.74) is 8.93. The molecule has 38 heavy (non-hydrogen) atoms. The molecular formula is C36H34OP+. The Bertz CT molecular complexity index is 1790. The average Bonchev–Trinajstić information content (AvgIpc) is 2.93. The third kappa shape index (κ3) is 4.21. The van der Waals surface area contributed by atoms with Gasteiger partial charge in [-0.3, -0.25) is 0 Å². The van der Waals surface area contributed by atoms with E-state index in [0.29, 0.717) is 5.92 Å². The summed E-state index contributed by atoms with van der Waals surface area (Å²) in [6.45, 7) is 8.23. The number of rotatable bonds is 3. The Kier molecular flexibility index (Phi) is 6.31.